The average Bonchev–Trinajstić information content (AvgIpc) is 2.66. The fourth-order valence-electron chi connectivity index (χ4n) is 1.74. The number of hydrogen-bond acceptors (Lipinski definition) is 7. The summed E-state index contributed by atoms with van der Waals surface area (Å²) < 4.78 is 6.08. The number of aromatic nitrogens is 2. The Labute approximate surface area is 117 Å². The SMILES string of the molecule is N=C(N)N.O=c1ccn([C@@H]2O[C@H](CO)[C@@H](O)[C@H]2O)c(=O)[nH]1. The predicted octanol–water partition coefficient (Wildman–Crippen LogP) is -4.01. The van der Waals surface area contributed by atoms with Gasteiger partial charge in [-0.2, -0.15) is 0 Å². The van der Waals surface area contributed by atoms with E-state index in [1.807, 2.05) is 4.98 Å². The van der Waals surface area contributed by atoms with Gasteiger partial charge < -0.3 is 31.5 Å². The molecule has 11 nitrogen and oxygen atoms in total. The van der Waals surface area contributed by atoms with E-state index in [1.54, 1.807) is 0 Å². The largest absolute Gasteiger partial charge is 0.394 e. The molecular formula is C10H17N5O6. The second-order valence-corrected chi connectivity index (χ2v) is 4.20. The number of nitrogens with zero attached hydrogens (tertiary/aromatic N) is 1. The monoisotopic (exact) mass is 303 g/mol. The Morgan fingerprint density at radius 3 is 2.38 bits per heavy atom. The number of nitrogens with two attached hydrogens (primary N) is 2. The highest BCUT2D eigenvalue weighted by atomic mass is 16.6. The average molecular weight is 303 g/mol. The van der Waals surface area contributed by atoms with Crippen LogP contribution in [0.25, 0.3) is 0 Å². The minimum atomic E-state index is -1.35. The second kappa shape index (κ2) is 6.99. The van der Waals surface area contributed by atoms with E-state index in [9.17, 15) is 19.8 Å². The summed E-state index contributed by atoms with van der Waals surface area (Å²) >= 11 is 0. The maximum absolute atomic E-state index is 11.4. The van der Waals surface area contributed by atoms with Gasteiger partial charge >= 0.3 is 5.69 Å². The van der Waals surface area contributed by atoms with E-state index in [-0.39, 0.29) is 5.96 Å². The highest BCUT2D eigenvalue weighted by Gasteiger charge is 2.43. The maximum Gasteiger partial charge on any atom is 0.330 e. The van der Waals surface area contributed by atoms with Crippen molar-refractivity contribution in [3.8, 4) is 0 Å². The van der Waals surface area contributed by atoms with E-state index in [0.29, 0.717) is 0 Å². The third kappa shape index (κ3) is 4.13. The van der Waals surface area contributed by atoms with Gasteiger partial charge in [0.2, 0.25) is 0 Å². The standard InChI is InChI=1S/C9H12N2O6.CH5N3/c12-3-4-6(14)7(15)8(17-4)11-2-1-5(13)10-9(11)16;2-1(3)4/h1-2,4,6-8,12,14-15H,3H2,(H,10,13,16);(H5,2,3,4)/t4-,6-,7-,8-;/m1./s1. The first-order valence-corrected chi connectivity index (χ1v) is 5.81. The first kappa shape index (κ1) is 16.8. The molecule has 0 spiro atoms. The van der Waals surface area contributed by atoms with Gasteiger partial charge in [0.1, 0.15) is 18.3 Å². The van der Waals surface area contributed by atoms with Crippen molar-refractivity contribution in [3.63, 3.8) is 0 Å². The molecular weight excluding hydrogens is 286 g/mol. The number of aliphatic hydroxyl groups excluding tert-OH is 3. The minimum absolute atomic E-state index is 0.333. The van der Waals surface area contributed by atoms with E-state index >= 15 is 0 Å². The molecule has 11 heteroatoms. The number of ether oxygens (including phenoxy) is 1. The molecule has 21 heavy (non-hydrogen) atoms. The van der Waals surface area contributed by atoms with Crippen molar-refractivity contribution in [2.24, 2.45) is 11.5 Å². The van der Waals surface area contributed by atoms with Crippen LogP contribution in [0.1, 0.15) is 6.23 Å². The van der Waals surface area contributed by atoms with Gasteiger partial charge in [0.05, 0.1) is 6.61 Å². The number of hydrogen-bond donors (Lipinski definition) is 7. The summed E-state index contributed by atoms with van der Waals surface area (Å²) in [5.74, 6) is -0.333. The lowest BCUT2D eigenvalue weighted by Crippen LogP contribution is -2.37. The molecule has 2 rings (SSSR count). The van der Waals surface area contributed by atoms with Gasteiger partial charge in [-0.3, -0.25) is 19.8 Å². The summed E-state index contributed by atoms with van der Waals surface area (Å²) in [4.78, 5) is 24.3. The fraction of sp³-hybridized carbons (Fsp3) is 0.500. The van der Waals surface area contributed by atoms with Gasteiger partial charge in [-0.05, 0) is 0 Å². The maximum atomic E-state index is 11.4. The van der Waals surface area contributed by atoms with Crippen LogP contribution in [-0.2, 0) is 4.74 Å². The van der Waals surface area contributed by atoms with Crippen molar-refractivity contribution in [1.82, 2.24) is 9.55 Å². The second-order valence-electron chi connectivity index (χ2n) is 4.20. The van der Waals surface area contributed by atoms with Crippen LogP contribution >= 0.6 is 0 Å². The molecule has 4 atom stereocenters. The van der Waals surface area contributed by atoms with Crippen LogP contribution in [0.2, 0.25) is 0 Å². The van der Waals surface area contributed by atoms with E-state index in [4.69, 9.17) is 15.3 Å². The lowest BCUT2D eigenvalue weighted by atomic mass is 10.1. The van der Waals surface area contributed by atoms with Gasteiger partial charge in [-0.15, -0.1) is 0 Å². The van der Waals surface area contributed by atoms with Crippen molar-refractivity contribution < 1.29 is 20.1 Å². The zero-order valence-electron chi connectivity index (χ0n) is 10.8. The van der Waals surface area contributed by atoms with Crippen molar-refractivity contribution in [2.45, 2.75) is 24.5 Å². The van der Waals surface area contributed by atoms with Gasteiger partial charge in [0.15, 0.2) is 12.2 Å². The summed E-state index contributed by atoms with van der Waals surface area (Å²) in [5, 5.41) is 34.1. The summed E-state index contributed by atoms with van der Waals surface area (Å²) in [6.45, 7) is -0.479. The summed E-state index contributed by atoms with van der Waals surface area (Å²) in [6, 6.07) is 1.09. The molecule has 2 heterocycles. The van der Waals surface area contributed by atoms with Crippen LogP contribution in [0.5, 0.6) is 0 Å². The van der Waals surface area contributed by atoms with E-state index in [1.165, 1.54) is 0 Å². The third-order valence-electron chi connectivity index (χ3n) is 2.64. The Kier molecular flexibility index (Phi) is 5.60. The van der Waals surface area contributed by atoms with Crippen molar-refractivity contribution in [2.75, 3.05) is 6.61 Å². The van der Waals surface area contributed by atoms with Crippen LogP contribution in [0.15, 0.2) is 21.9 Å². The molecule has 0 unspecified atom stereocenters. The van der Waals surface area contributed by atoms with Crippen LogP contribution in [0, 0.1) is 5.41 Å². The molecule has 1 aromatic rings. The zero-order valence-corrected chi connectivity index (χ0v) is 10.8. The van der Waals surface area contributed by atoms with Gasteiger partial charge in [0.25, 0.3) is 5.56 Å². The molecule has 0 amide bonds. The summed E-state index contributed by atoms with van der Waals surface area (Å²) in [6.07, 6.45) is -3.58. The van der Waals surface area contributed by atoms with Crippen LogP contribution < -0.4 is 22.7 Å². The highest BCUT2D eigenvalue weighted by molar-refractivity contribution is 5.71. The number of nitrogens with one attached hydrogen (secondary N) is 2. The summed E-state index contributed by atoms with van der Waals surface area (Å²) in [5.41, 5.74) is 7.62. The Morgan fingerprint density at radius 1 is 1.38 bits per heavy atom. The van der Waals surface area contributed by atoms with Crippen LogP contribution in [0.3, 0.4) is 0 Å². The smallest absolute Gasteiger partial charge is 0.330 e. The topological polar surface area (TPSA) is 201 Å². The molecule has 1 aromatic heterocycles. The molecule has 9 N–H and O–H groups in total. The molecule has 1 fully saturated rings. The first-order chi connectivity index (χ1) is 9.77. The minimum Gasteiger partial charge on any atom is -0.394 e. The predicted molar refractivity (Wildman–Crippen MR) is 70.4 cm³/mol. The Balaban J connectivity index is 0.000000491. The highest BCUT2D eigenvalue weighted by Crippen LogP contribution is 2.27. The molecule has 1 aliphatic heterocycles. The molecule has 0 aliphatic carbocycles. The lowest BCUT2D eigenvalue weighted by Gasteiger charge is -2.16. The summed E-state index contributed by atoms with van der Waals surface area (Å²) in [7, 11) is 0. The van der Waals surface area contributed by atoms with Gasteiger partial charge in [-0.25, -0.2) is 4.79 Å². The normalized spacial score (nSPS) is 27.8. The Bertz CT molecular complexity index is 594. The van der Waals surface area contributed by atoms with Crippen LogP contribution in [-0.4, -0.2) is 55.7 Å². The first-order valence-electron chi connectivity index (χ1n) is 5.81. The Hall–Kier alpha value is -2.21. The molecule has 0 radical (unpaired) electrons. The molecule has 0 aromatic carbocycles. The molecule has 118 valence electrons. The Morgan fingerprint density at radius 2 is 1.95 bits per heavy atom. The van der Waals surface area contributed by atoms with E-state index in [2.05, 4.69) is 11.5 Å². The van der Waals surface area contributed by atoms with Crippen LogP contribution in [0.4, 0.5) is 0 Å². The molecule has 0 bridgehead atoms. The van der Waals surface area contributed by atoms with E-state index < -0.39 is 42.4 Å². The van der Waals surface area contributed by atoms with E-state index in [0.717, 1.165) is 16.8 Å². The van der Waals surface area contributed by atoms with Crippen molar-refractivity contribution in [3.05, 3.63) is 33.1 Å². The van der Waals surface area contributed by atoms with Gasteiger partial charge in [0, 0.05) is 12.3 Å². The fourth-order valence-corrected chi connectivity index (χ4v) is 1.74. The third-order valence-corrected chi connectivity index (χ3v) is 2.64. The van der Waals surface area contributed by atoms with Crippen molar-refractivity contribution >= 4 is 5.96 Å². The number of aliphatic hydroxyl groups is 3. The number of aromatic amines is 1. The number of guanidine groups is 1. The van der Waals surface area contributed by atoms with Crippen molar-refractivity contribution in [1.29, 1.82) is 5.41 Å². The number of H-pyrrole nitrogens is 1. The number of rotatable bonds is 2. The lowest BCUT2D eigenvalue weighted by molar-refractivity contribution is -0.0550. The molecule has 1 saturated heterocycles. The molecule has 1 aliphatic rings. The quantitative estimate of drug-likeness (QED) is 0.211. The zero-order chi connectivity index (χ0) is 16.2. The van der Waals surface area contributed by atoms with Gasteiger partial charge in [-0.1, -0.05) is 0 Å². The molecule has 0 saturated carbocycles.